The second-order valence-corrected chi connectivity index (χ2v) is 10.8. The number of carboxylic acid groups (broad SMARTS) is 1. The van der Waals surface area contributed by atoms with Gasteiger partial charge < -0.3 is 19.6 Å². The van der Waals surface area contributed by atoms with Gasteiger partial charge in [0.05, 0.1) is 6.61 Å². The lowest BCUT2D eigenvalue weighted by Gasteiger charge is -2.32. The molecule has 7 nitrogen and oxygen atoms in total. The van der Waals surface area contributed by atoms with Gasteiger partial charge >= 0.3 is 12.1 Å². The molecule has 0 amide bonds. The third-order valence-corrected chi connectivity index (χ3v) is 7.53. The Morgan fingerprint density at radius 1 is 1.02 bits per heavy atom. The molecule has 0 atom stereocenters. The molecule has 2 aromatic carbocycles. The lowest BCUT2D eigenvalue weighted by atomic mass is 9.99. The predicted molar refractivity (Wildman–Crippen MR) is 156 cm³/mol. The molecule has 0 saturated heterocycles. The van der Waals surface area contributed by atoms with Crippen LogP contribution in [0.5, 0.6) is 0 Å². The zero-order chi connectivity index (χ0) is 30.6. The van der Waals surface area contributed by atoms with Gasteiger partial charge in [-0.05, 0) is 87.8 Å². The van der Waals surface area contributed by atoms with Crippen LogP contribution in [-0.4, -0.2) is 53.8 Å². The van der Waals surface area contributed by atoms with Crippen molar-refractivity contribution in [1.29, 1.82) is 0 Å². The number of halogens is 3. The summed E-state index contributed by atoms with van der Waals surface area (Å²) in [5.74, 6) is -0.431. The second kappa shape index (κ2) is 13.0. The van der Waals surface area contributed by atoms with Crippen molar-refractivity contribution in [3.8, 4) is 0 Å². The average molecular weight is 575 g/mol. The average Bonchev–Trinajstić information content (AvgIpc) is 3.20. The maximum absolute atomic E-state index is 10.6. The quantitative estimate of drug-likeness (QED) is 0.341. The number of aryl methyl sites for hydroxylation is 6. The van der Waals surface area contributed by atoms with Crippen LogP contribution in [-0.2, 0) is 29.5 Å². The number of aromatic nitrogens is 2. The highest BCUT2D eigenvalue weighted by atomic mass is 19.4. The zero-order valence-electron chi connectivity index (χ0n) is 25.2. The van der Waals surface area contributed by atoms with Gasteiger partial charge in [-0.15, -0.1) is 0 Å². The highest BCUT2D eigenvalue weighted by molar-refractivity contribution is 5.75. The first kappa shape index (κ1) is 32.0. The number of methoxy groups -OCH3 is 1. The van der Waals surface area contributed by atoms with E-state index in [9.17, 15) is 13.2 Å². The van der Waals surface area contributed by atoms with Crippen molar-refractivity contribution in [3.63, 3.8) is 0 Å². The van der Waals surface area contributed by atoms with Crippen molar-refractivity contribution in [2.24, 2.45) is 7.05 Å². The van der Waals surface area contributed by atoms with E-state index in [1.807, 2.05) is 0 Å². The van der Waals surface area contributed by atoms with Crippen molar-refractivity contribution in [3.05, 3.63) is 68.8 Å². The topological polar surface area (TPSA) is 70.8 Å². The van der Waals surface area contributed by atoms with E-state index in [-0.39, 0.29) is 0 Å². The number of anilines is 3. The molecule has 1 aliphatic heterocycles. The van der Waals surface area contributed by atoms with Crippen molar-refractivity contribution in [2.75, 3.05) is 36.6 Å². The van der Waals surface area contributed by atoms with E-state index in [0.717, 1.165) is 38.3 Å². The molecule has 1 aromatic heterocycles. The first-order chi connectivity index (χ1) is 19.1. The number of nitrogens with zero attached hydrogens (tertiary/aromatic N) is 4. The standard InChI is InChI=1S/C29H40N4O.C2HF3O2/c1-19-14-22(4)27(23(5)15-19)33-11-9-10-26-28(33)30-31(7)29(26)32(12-13-34-8)18-25-16-20(2)24(6)21(3)17-25;3-2(4,5)1(6)7/h14-17H,9-13,18H2,1-8H3;(H,6,7). The van der Waals surface area contributed by atoms with Gasteiger partial charge in [-0.2, -0.15) is 18.3 Å². The summed E-state index contributed by atoms with van der Waals surface area (Å²) in [5, 5.41) is 12.2. The Hall–Kier alpha value is -3.53. The first-order valence-corrected chi connectivity index (χ1v) is 13.7. The van der Waals surface area contributed by atoms with Crippen molar-refractivity contribution < 1.29 is 27.8 Å². The Balaban J connectivity index is 0.000000587. The number of hydrogen-bond donors (Lipinski definition) is 1. The number of fused-ring (bicyclic) bond motifs is 1. The minimum absolute atomic E-state index is 0.684. The van der Waals surface area contributed by atoms with Crippen LogP contribution in [0.25, 0.3) is 0 Å². The molecular weight excluding hydrogens is 533 g/mol. The molecule has 0 bridgehead atoms. The number of benzene rings is 2. The van der Waals surface area contributed by atoms with Crippen LogP contribution >= 0.6 is 0 Å². The summed E-state index contributed by atoms with van der Waals surface area (Å²) < 4.78 is 39.3. The van der Waals surface area contributed by atoms with Gasteiger partial charge in [0.1, 0.15) is 5.82 Å². The zero-order valence-corrected chi connectivity index (χ0v) is 25.2. The summed E-state index contributed by atoms with van der Waals surface area (Å²) in [6.45, 7) is 16.6. The predicted octanol–water partition coefficient (Wildman–Crippen LogP) is 6.64. The monoisotopic (exact) mass is 574 g/mol. The Morgan fingerprint density at radius 2 is 1.59 bits per heavy atom. The SMILES string of the molecule is COCCN(Cc1cc(C)c(C)c(C)c1)c1c2c(nn1C)N(c1c(C)cc(C)cc1C)CCC2.O=C(O)C(F)(F)F. The number of carbonyl (C=O) groups is 1. The van der Waals surface area contributed by atoms with Crippen molar-refractivity contribution >= 4 is 23.3 Å². The molecule has 3 aromatic rings. The minimum atomic E-state index is -5.08. The first-order valence-electron chi connectivity index (χ1n) is 13.7. The largest absolute Gasteiger partial charge is 0.490 e. The normalized spacial score (nSPS) is 13.0. The number of ether oxygens (including phenoxy) is 1. The summed E-state index contributed by atoms with van der Waals surface area (Å²) in [6, 6.07) is 9.23. The number of aliphatic carboxylic acids is 1. The molecule has 0 unspecified atom stereocenters. The van der Waals surface area contributed by atoms with Gasteiger partial charge in [0.15, 0.2) is 5.82 Å². The van der Waals surface area contributed by atoms with Gasteiger partial charge in [-0.1, -0.05) is 29.8 Å². The molecule has 10 heteroatoms. The van der Waals surface area contributed by atoms with Gasteiger partial charge in [-0.25, -0.2) is 4.79 Å². The third-order valence-electron chi connectivity index (χ3n) is 7.53. The van der Waals surface area contributed by atoms with E-state index in [1.54, 1.807) is 7.11 Å². The molecule has 224 valence electrons. The van der Waals surface area contributed by atoms with Crippen LogP contribution in [0.15, 0.2) is 24.3 Å². The molecule has 4 rings (SSSR count). The minimum Gasteiger partial charge on any atom is -0.475 e. The van der Waals surface area contributed by atoms with E-state index in [0.29, 0.717) is 6.61 Å². The fourth-order valence-electron chi connectivity index (χ4n) is 5.62. The fraction of sp³-hybridized carbons (Fsp3) is 0.484. The number of alkyl halides is 3. The Labute approximate surface area is 240 Å². The highest BCUT2D eigenvalue weighted by Crippen LogP contribution is 2.41. The third kappa shape index (κ3) is 7.41. The maximum Gasteiger partial charge on any atom is 0.490 e. The second-order valence-electron chi connectivity index (χ2n) is 10.8. The molecule has 2 heterocycles. The summed E-state index contributed by atoms with van der Waals surface area (Å²) in [5.41, 5.74) is 12.0. The van der Waals surface area contributed by atoms with Gasteiger partial charge in [0.25, 0.3) is 0 Å². The lowest BCUT2D eigenvalue weighted by molar-refractivity contribution is -0.192. The maximum atomic E-state index is 10.6. The molecule has 1 N–H and O–H groups in total. The van der Waals surface area contributed by atoms with E-state index in [1.165, 1.54) is 56.0 Å². The Morgan fingerprint density at radius 3 is 2.10 bits per heavy atom. The summed E-state index contributed by atoms with van der Waals surface area (Å²) in [7, 11) is 3.87. The van der Waals surface area contributed by atoms with Crippen LogP contribution in [0.4, 0.5) is 30.5 Å². The fourth-order valence-corrected chi connectivity index (χ4v) is 5.62. The number of rotatable bonds is 7. The molecule has 0 saturated carbocycles. The lowest BCUT2D eigenvalue weighted by Crippen LogP contribution is -2.30. The molecule has 0 spiro atoms. The molecule has 0 aliphatic carbocycles. The highest BCUT2D eigenvalue weighted by Gasteiger charge is 2.38. The van der Waals surface area contributed by atoms with Gasteiger partial charge in [-0.3, -0.25) is 4.68 Å². The Bertz CT molecular complexity index is 1350. The van der Waals surface area contributed by atoms with Crippen LogP contribution < -0.4 is 9.80 Å². The molecule has 1 aliphatic rings. The van der Waals surface area contributed by atoms with Crippen LogP contribution in [0.1, 0.15) is 50.9 Å². The van der Waals surface area contributed by atoms with E-state index in [2.05, 4.69) is 87.3 Å². The molecular formula is C31H41F3N4O3. The number of carboxylic acids is 1. The van der Waals surface area contributed by atoms with Gasteiger partial charge in [0, 0.05) is 45.0 Å². The van der Waals surface area contributed by atoms with Gasteiger partial charge in [0.2, 0.25) is 0 Å². The van der Waals surface area contributed by atoms with Crippen molar-refractivity contribution in [1.82, 2.24) is 9.78 Å². The van der Waals surface area contributed by atoms with E-state index >= 15 is 0 Å². The summed E-state index contributed by atoms with van der Waals surface area (Å²) >= 11 is 0. The summed E-state index contributed by atoms with van der Waals surface area (Å²) in [4.78, 5) is 13.8. The van der Waals surface area contributed by atoms with E-state index in [4.69, 9.17) is 19.7 Å². The van der Waals surface area contributed by atoms with Crippen molar-refractivity contribution in [2.45, 2.75) is 67.1 Å². The number of hydrogen-bond acceptors (Lipinski definition) is 5. The van der Waals surface area contributed by atoms with Crippen LogP contribution in [0, 0.1) is 41.5 Å². The molecule has 0 radical (unpaired) electrons. The molecule has 41 heavy (non-hydrogen) atoms. The van der Waals surface area contributed by atoms with Crippen LogP contribution in [0.2, 0.25) is 0 Å². The Kier molecular flexibility index (Phi) is 10.1. The molecule has 0 fully saturated rings. The van der Waals surface area contributed by atoms with E-state index < -0.39 is 12.1 Å². The smallest absolute Gasteiger partial charge is 0.475 e. The summed E-state index contributed by atoms with van der Waals surface area (Å²) in [6.07, 6.45) is -2.91. The van der Waals surface area contributed by atoms with Crippen LogP contribution in [0.3, 0.4) is 0 Å².